The Morgan fingerprint density at radius 3 is 2.86 bits per heavy atom. The second kappa shape index (κ2) is 10.1. The Morgan fingerprint density at radius 1 is 1.21 bits per heavy atom. The van der Waals surface area contributed by atoms with Gasteiger partial charge in [-0.1, -0.05) is 18.2 Å². The molecule has 2 aliphatic rings. The second-order valence-electron chi connectivity index (χ2n) is 7.79. The van der Waals surface area contributed by atoms with Crippen molar-refractivity contribution in [2.24, 2.45) is 0 Å². The molecule has 0 saturated carbocycles. The number of para-hydroxylation sites is 1. The van der Waals surface area contributed by atoms with Crippen molar-refractivity contribution in [3.63, 3.8) is 0 Å². The zero-order valence-corrected chi connectivity index (χ0v) is 17.5. The van der Waals surface area contributed by atoms with Gasteiger partial charge in [0.15, 0.2) is 5.60 Å². The van der Waals surface area contributed by atoms with Gasteiger partial charge in [-0.25, -0.2) is 0 Å². The van der Waals surface area contributed by atoms with Gasteiger partial charge in [0.2, 0.25) is 5.91 Å². The summed E-state index contributed by atoms with van der Waals surface area (Å²) in [6.45, 7) is 2.46. The molecular formula is C22H32N2O5. The molecule has 2 heterocycles. The number of ether oxygens (including phenoxy) is 3. The topological polar surface area (TPSA) is 68.3 Å². The number of benzene rings is 1. The monoisotopic (exact) mass is 404 g/mol. The maximum Gasteiger partial charge on any atom is 0.256 e. The Bertz CT molecular complexity index is 710. The fraction of sp³-hybridized carbons (Fsp3) is 0.636. The first-order valence-corrected chi connectivity index (χ1v) is 10.4. The smallest absolute Gasteiger partial charge is 0.256 e. The lowest BCUT2D eigenvalue weighted by atomic mass is 9.91. The lowest BCUT2D eigenvalue weighted by molar-refractivity contribution is -0.175. The van der Waals surface area contributed by atoms with Crippen LogP contribution in [-0.2, 0) is 25.5 Å². The molecule has 3 rings (SSSR count). The zero-order chi connectivity index (χ0) is 20.7. The Balaban J connectivity index is 1.75. The Hall–Kier alpha value is -2.12. The lowest BCUT2D eigenvalue weighted by Crippen LogP contribution is -2.61. The van der Waals surface area contributed by atoms with Crippen LogP contribution in [0.1, 0.15) is 31.2 Å². The van der Waals surface area contributed by atoms with E-state index in [0.717, 1.165) is 25.0 Å². The molecule has 2 aliphatic heterocycles. The number of hydrogen-bond donors (Lipinski definition) is 0. The summed E-state index contributed by atoms with van der Waals surface area (Å²) < 4.78 is 17.1. The van der Waals surface area contributed by atoms with E-state index < -0.39 is 5.60 Å². The van der Waals surface area contributed by atoms with Gasteiger partial charge in [-0.05, 0) is 37.3 Å². The van der Waals surface area contributed by atoms with Crippen LogP contribution >= 0.6 is 0 Å². The summed E-state index contributed by atoms with van der Waals surface area (Å²) in [7, 11) is 3.36. The number of hydrogen-bond acceptors (Lipinski definition) is 5. The molecule has 7 nitrogen and oxygen atoms in total. The second-order valence-corrected chi connectivity index (χ2v) is 7.79. The molecular weight excluding hydrogens is 372 g/mol. The summed E-state index contributed by atoms with van der Waals surface area (Å²) in [5.74, 6) is 0.833. The highest BCUT2D eigenvalue weighted by Crippen LogP contribution is 2.29. The Kier molecular flexibility index (Phi) is 7.50. The minimum absolute atomic E-state index is 0.00774. The van der Waals surface area contributed by atoms with Crippen LogP contribution in [0.2, 0.25) is 0 Å². The van der Waals surface area contributed by atoms with Crippen molar-refractivity contribution in [2.45, 2.75) is 37.7 Å². The van der Waals surface area contributed by atoms with Crippen molar-refractivity contribution in [2.75, 3.05) is 53.6 Å². The summed E-state index contributed by atoms with van der Waals surface area (Å²) in [6, 6.07) is 8.08. The first-order valence-electron chi connectivity index (χ1n) is 10.4. The largest absolute Gasteiger partial charge is 0.491 e. The molecule has 160 valence electrons. The first-order chi connectivity index (χ1) is 14.1. The van der Waals surface area contributed by atoms with Crippen molar-refractivity contribution in [1.82, 2.24) is 9.80 Å². The number of methoxy groups -OCH3 is 1. The van der Waals surface area contributed by atoms with E-state index in [9.17, 15) is 9.59 Å². The number of carbonyl (C=O) groups is 2. The predicted molar refractivity (Wildman–Crippen MR) is 109 cm³/mol. The van der Waals surface area contributed by atoms with Gasteiger partial charge in [0, 0.05) is 20.7 Å². The van der Waals surface area contributed by atoms with Gasteiger partial charge < -0.3 is 24.0 Å². The third-order valence-corrected chi connectivity index (χ3v) is 5.73. The minimum Gasteiger partial charge on any atom is -0.491 e. The SMILES string of the molecule is COCCC(=O)N1CCOC2(CCCCc3ccccc3OCCN(C)C2=O)C1. The normalized spacial score (nSPS) is 23.7. The molecule has 2 amide bonds. The third-order valence-electron chi connectivity index (χ3n) is 5.73. The van der Waals surface area contributed by atoms with Crippen LogP contribution in [0.3, 0.4) is 0 Å². The summed E-state index contributed by atoms with van der Waals surface area (Å²) in [5.41, 5.74) is 0.214. The molecule has 1 saturated heterocycles. The molecule has 1 aromatic carbocycles. The summed E-state index contributed by atoms with van der Waals surface area (Å²) in [5, 5.41) is 0. The van der Waals surface area contributed by atoms with Gasteiger partial charge in [-0.15, -0.1) is 0 Å². The van der Waals surface area contributed by atoms with Crippen LogP contribution in [0.5, 0.6) is 5.75 Å². The average molecular weight is 405 g/mol. The highest BCUT2D eigenvalue weighted by molar-refractivity contribution is 5.87. The van der Waals surface area contributed by atoms with Crippen LogP contribution in [0.25, 0.3) is 0 Å². The molecule has 0 aliphatic carbocycles. The number of aryl methyl sites for hydroxylation is 1. The molecule has 0 aromatic heterocycles. The van der Waals surface area contributed by atoms with E-state index in [1.165, 1.54) is 5.56 Å². The molecule has 1 atom stereocenters. The third kappa shape index (κ3) is 5.28. The number of nitrogens with zero attached hydrogens (tertiary/aromatic N) is 2. The van der Waals surface area contributed by atoms with Gasteiger partial charge in [-0.2, -0.15) is 0 Å². The highest BCUT2D eigenvalue weighted by Gasteiger charge is 2.45. The zero-order valence-electron chi connectivity index (χ0n) is 17.5. The molecule has 0 bridgehead atoms. The number of morpholine rings is 1. The van der Waals surface area contributed by atoms with Crippen molar-refractivity contribution < 1.29 is 23.8 Å². The van der Waals surface area contributed by atoms with Crippen molar-refractivity contribution >= 4 is 11.8 Å². The molecule has 29 heavy (non-hydrogen) atoms. The number of likely N-dealkylation sites (N-methyl/N-ethyl adjacent to an activating group) is 1. The van der Waals surface area contributed by atoms with Crippen LogP contribution in [0.15, 0.2) is 24.3 Å². The van der Waals surface area contributed by atoms with E-state index in [1.807, 2.05) is 18.2 Å². The average Bonchev–Trinajstić information content (AvgIpc) is 2.74. The van der Waals surface area contributed by atoms with Gasteiger partial charge in [-0.3, -0.25) is 9.59 Å². The Labute approximate surface area is 172 Å². The summed E-state index contributed by atoms with van der Waals surface area (Å²) in [6.07, 6.45) is 3.59. The van der Waals surface area contributed by atoms with Gasteiger partial charge in [0.05, 0.1) is 32.7 Å². The van der Waals surface area contributed by atoms with Crippen LogP contribution in [0.4, 0.5) is 0 Å². The van der Waals surface area contributed by atoms with Crippen LogP contribution in [-0.4, -0.2) is 80.8 Å². The number of fused-ring (bicyclic) bond motifs is 1. The van der Waals surface area contributed by atoms with Crippen molar-refractivity contribution in [3.8, 4) is 5.75 Å². The maximum absolute atomic E-state index is 13.3. The van der Waals surface area contributed by atoms with Crippen molar-refractivity contribution in [3.05, 3.63) is 29.8 Å². The quantitative estimate of drug-likeness (QED) is 0.770. The molecule has 1 unspecified atom stereocenters. The number of amides is 2. The summed E-state index contributed by atoms with van der Waals surface area (Å²) >= 11 is 0. The van der Waals surface area contributed by atoms with E-state index in [4.69, 9.17) is 14.2 Å². The van der Waals surface area contributed by atoms with E-state index in [0.29, 0.717) is 52.3 Å². The fourth-order valence-corrected chi connectivity index (χ4v) is 4.05. The van der Waals surface area contributed by atoms with E-state index in [2.05, 4.69) is 6.07 Å². The minimum atomic E-state index is -0.978. The standard InChI is InChI=1S/C22H32N2O5/c1-23-12-15-28-19-9-4-3-7-18(19)8-5-6-11-22(21(23)26)17-24(13-16-29-22)20(25)10-14-27-2/h3-4,7,9H,5-6,8,10-17H2,1-2H3. The van der Waals surface area contributed by atoms with Gasteiger partial charge in [0.25, 0.3) is 5.91 Å². The van der Waals surface area contributed by atoms with Crippen molar-refractivity contribution in [1.29, 1.82) is 0 Å². The van der Waals surface area contributed by atoms with E-state index in [-0.39, 0.29) is 11.8 Å². The van der Waals surface area contributed by atoms with Gasteiger partial charge in [0.1, 0.15) is 12.4 Å². The number of carbonyl (C=O) groups excluding carboxylic acids is 2. The molecule has 1 spiro atoms. The fourth-order valence-electron chi connectivity index (χ4n) is 4.05. The highest BCUT2D eigenvalue weighted by atomic mass is 16.5. The molecule has 0 N–H and O–H groups in total. The lowest BCUT2D eigenvalue weighted by Gasteiger charge is -2.43. The number of rotatable bonds is 3. The summed E-state index contributed by atoms with van der Waals surface area (Å²) in [4.78, 5) is 29.3. The molecule has 0 radical (unpaired) electrons. The van der Waals surface area contributed by atoms with E-state index in [1.54, 1.807) is 24.0 Å². The molecule has 1 aromatic rings. The van der Waals surface area contributed by atoms with Crippen LogP contribution in [0, 0.1) is 0 Å². The maximum atomic E-state index is 13.3. The molecule has 7 heteroatoms. The van der Waals surface area contributed by atoms with Gasteiger partial charge >= 0.3 is 0 Å². The first kappa shape index (κ1) is 21.6. The molecule has 1 fully saturated rings. The Morgan fingerprint density at radius 2 is 2.03 bits per heavy atom. The van der Waals surface area contributed by atoms with E-state index >= 15 is 0 Å². The predicted octanol–water partition coefficient (Wildman–Crippen LogP) is 1.88. The van der Waals surface area contributed by atoms with Crippen LogP contribution < -0.4 is 4.74 Å².